The number of imidazole rings is 1. The summed E-state index contributed by atoms with van der Waals surface area (Å²) in [7, 11) is 1.66. The fourth-order valence-electron chi connectivity index (χ4n) is 2.72. The summed E-state index contributed by atoms with van der Waals surface area (Å²) in [5.74, 6) is 1.63. The van der Waals surface area contributed by atoms with Crippen LogP contribution in [0.2, 0.25) is 5.02 Å². The molecule has 26 heavy (non-hydrogen) atoms. The van der Waals surface area contributed by atoms with E-state index in [0.717, 1.165) is 34.0 Å². The molecule has 2 aromatic carbocycles. The predicted molar refractivity (Wildman–Crippen MR) is 104 cm³/mol. The van der Waals surface area contributed by atoms with Crippen molar-refractivity contribution in [3.05, 3.63) is 77.4 Å². The van der Waals surface area contributed by atoms with Crippen molar-refractivity contribution in [2.75, 3.05) is 12.4 Å². The minimum absolute atomic E-state index is 0.674. The average molecular weight is 365 g/mol. The van der Waals surface area contributed by atoms with Crippen LogP contribution in [-0.2, 0) is 6.54 Å². The first-order chi connectivity index (χ1) is 12.7. The molecule has 2 aromatic heterocycles. The van der Waals surface area contributed by atoms with E-state index in [9.17, 15) is 0 Å². The molecule has 0 radical (unpaired) electrons. The van der Waals surface area contributed by atoms with Crippen molar-refractivity contribution in [1.82, 2.24) is 14.6 Å². The number of anilines is 1. The van der Waals surface area contributed by atoms with Gasteiger partial charge in [-0.05, 0) is 42.0 Å². The number of halogens is 1. The van der Waals surface area contributed by atoms with Gasteiger partial charge in [-0.25, -0.2) is 9.50 Å². The fourth-order valence-corrected chi connectivity index (χ4v) is 2.85. The van der Waals surface area contributed by atoms with Gasteiger partial charge in [-0.2, -0.15) is 0 Å². The summed E-state index contributed by atoms with van der Waals surface area (Å²) in [6.45, 7) is 0.674. The van der Waals surface area contributed by atoms with Crippen LogP contribution in [0.25, 0.3) is 16.9 Å². The smallest absolute Gasteiger partial charge is 0.154 e. The molecule has 0 fully saturated rings. The SMILES string of the molecule is COc1ccc(CNc2ccc3ncc(-c4ccc(Cl)cc4)n3n2)cc1. The molecule has 4 aromatic rings. The van der Waals surface area contributed by atoms with Crippen molar-refractivity contribution in [3.8, 4) is 17.0 Å². The van der Waals surface area contributed by atoms with Gasteiger partial charge in [0.1, 0.15) is 11.6 Å². The Kier molecular flexibility index (Phi) is 4.46. The zero-order valence-corrected chi connectivity index (χ0v) is 14.9. The van der Waals surface area contributed by atoms with Crippen LogP contribution < -0.4 is 10.1 Å². The second kappa shape index (κ2) is 7.06. The molecule has 0 aliphatic rings. The lowest BCUT2D eigenvalue weighted by atomic mass is 10.2. The molecule has 0 saturated heterocycles. The minimum Gasteiger partial charge on any atom is -0.497 e. The summed E-state index contributed by atoms with van der Waals surface area (Å²) in [6, 6.07) is 19.5. The van der Waals surface area contributed by atoms with E-state index in [1.54, 1.807) is 7.11 Å². The Hall–Kier alpha value is -3.05. The van der Waals surface area contributed by atoms with E-state index in [4.69, 9.17) is 16.3 Å². The Morgan fingerprint density at radius 1 is 1.00 bits per heavy atom. The Morgan fingerprint density at radius 3 is 2.50 bits per heavy atom. The summed E-state index contributed by atoms with van der Waals surface area (Å²) in [5, 5.41) is 8.72. The Morgan fingerprint density at radius 2 is 1.77 bits per heavy atom. The van der Waals surface area contributed by atoms with Crippen LogP contribution in [0.5, 0.6) is 5.75 Å². The first-order valence-electron chi connectivity index (χ1n) is 8.20. The van der Waals surface area contributed by atoms with Crippen LogP contribution in [0.15, 0.2) is 66.9 Å². The molecule has 0 spiro atoms. The Balaban J connectivity index is 1.58. The van der Waals surface area contributed by atoms with Gasteiger partial charge < -0.3 is 10.1 Å². The molecule has 0 atom stereocenters. The molecule has 130 valence electrons. The lowest BCUT2D eigenvalue weighted by Gasteiger charge is -2.08. The Bertz CT molecular complexity index is 1030. The van der Waals surface area contributed by atoms with Crippen molar-refractivity contribution < 1.29 is 4.74 Å². The molecule has 2 heterocycles. The highest BCUT2D eigenvalue weighted by molar-refractivity contribution is 6.30. The largest absolute Gasteiger partial charge is 0.497 e. The van der Waals surface area contributed by atoms with E-state index in [1.165, 1.54) is 0 Å². The number of methoxy groups -OCH3 is 1. The van der Waals surface area contributed by atoms with Crippen LogP contribution >= 0.6 is 11.6 Å². The van der Waals surface area contributed by atoms with E-state index >= 15 is 0 Å². The van der Waals surface area contributed by atoms with Gasteiger partial charge in [0.2, 0.25) is 0 Å². The summed E-state index contributed by atoms with van der Waals surface area (Å²) in [5.41, 5.74) is 3.88. The molecule has 6 heteroatoms. The fraction of sp³-hybridized carbons (Fsp3) is 0.100. The molecule has 0 bridgehead atoms. The Labute approximate surface area is 156 Å². The minimum atomic E-state index is 0.674. The molecule has 5 nitrogen and oxygen atoms in total. The number of hydrogen-bond donors (Lipinski definition) is 1. The summed E-state index contributed by atoms with van der Waals surface area (Å²) in [6.07, 6.45) is 1.82. The van der Waals surface area contributed by atoms with Crippen LogP contribution in [0.1, 0.15) is 5.56 Å². The molecular formula is C20H17ClN4O. The van der Waals surface area contributed by atoms with Crippen molar-refractivity contribution in [2.45, 2.75) is 6.54 Å². The third kappa shape index (κ3) is 3.34. The lowest BCUT2D eigenvalue weighted by molar-refractivity contribution is 0.414. The lowest BCUT2D eigenvalue weighted by Crippen LogP contribution is -2.04. The number of ether oxygens (including phenoxy) is 1. The maximum atomic E-state index is 5.98. The predicted octanol–water partition coefficient (Wildman–Crippen LogP) is 4.67. The molecule has 0 saturated carbocycles. The first-order valence-corrected chi connectivity index (χ1v) is 8.58. The van der Waals surface area contributed by atoms with E-state index in [2.05, 4.69) is 15.4 Å². The standard InChI is InChI=1S/C20H17ClN4O/c1-26-17-8-2-14(3-9-17)12-22-19-10-11-20-23-13-18(25(20)24-19)15-4-6-16(21)7-5-15/h2-11,13H,12H2,1H3,(H,22,24). The number of aromatic nitrogens is 3. The molecule has 0 aliphatic heterocycles. The van der Waals surface area contributed by atoms with Crippen molar-refractivity contribution in [2.24, 2.45) is 0 Å². The highest BCUT2D eigenvalue weighted by Gasteiger charge is 2.08. The molecule has 0 aliphatic carbocycles. The number of nitrogens with one attached hydrogen (secondary N) is 1. The van der Waals surface area contributed by atoms with Crippen LogP contribution in [0.3, 0.4) is 0 Å². The van der Waals surface area contributed by atoms with Gasteiger partial charge in [-0.3, -0.25) is 0 Å². The van der Waals surface area contributed by atoms with Gasteiger partial charge >= 0.3 is 0 Å². The van der Waals surface area contributed by atoms with Crippen LogP contribution in [-0.4, -0.2) is 21.7 Å². The summed E-state index contributed by atoms with van der Waals surface area (Å²) < 4.78 is 7.02. The average Bonchev–Trinajstić information content (AvgIpc) is 3.10. The van der Waals surface area contributed by atoms with Gasteiger partial charge in [0.15, 0.2) is 5.65 Å². The molecular weight excluding hydrogens is 348 g/mol. The van der Waals surface area contributed by atoms with Gasteiger partial charge in [0.25, 0.3) is 0 Å². The zero-order chi connectivity index (χ0) is 17.9. The normalized spacial score (nSPS) is 10.8. The maximum Gasteiger partial charge on any atom is 0.154 e. The zero-order valence-electron chi connectivity index (χ0n) is 14.2. The molecule has 0 unspecified atom stereocenters. The van der Waals surface area contributed by atoms with E-state index in [0.29, 0.717) is 11.6 Å². The van der Waals surface area contributed by atoms with E-state index < -0.39 is 0 Å². The van der Waals surface area contributed by atoms with Crippen LogP contribution in [0, 0.1) is 0 Å². The quantitative estimate of drug-likeness (QED) is 0.559. The highest BCUT2D eigenvalue weighted by Crippen LogP contribution is 2.23. The van der Waals surface area contributed by atoms with Crippen molar-refractivity contribution in [3.63, 3.8) is 0 Å². The number of nitrogens with zero attached hydrogens (tertiary/aromatic N) is 3. The van der Waals surface area contributed by atoms with E-state index in [1.807, 2.05) is 71.4 Å². The van der Waals surface area contributed by atoms with Crippen molar-refractivity contribution >= 4 is 23.1 Å². The number of benzene rings is 2. The monoisotopic (exact) mass is 364 g/mol. The summed E-state index contributed by atoms with van der Waals surface area (Å²) in [4.78, 5) is 4.42. The maximum absolute atomic E-state index is 5.98. The first kappa shape index (κ1) is 16.4. The van der Waals surface area contributed by atoms with Gasteiger partial charge in [0, 0.05) is 17.1 Å². The van der Waals surface area contributed by atoms with E-state index in [-0.39, 0.29) is 0 Å². The highest BCUT2D eigenvalue weighted by atomic mass is 35.5. The number of fused-ring (bicyclic) bond motifs is 1. The number of hydrogen-bond acceptors (Lipinski definition) is 4. The molecule has 4 rings (SSSR count). The third-order valence-corrected chi connectivity index (χ3v) is 4.39. The topological polar surface area (TPSA) is 51.5 Å². The third-order valence-electron chi connectivity index (χ3n) is 4.13. The van der Waals surface area contributed by atoms with Gasteiger partial charge in [-0.1, -0.05) is 35.9 Å². The van der Waals surface area contributed by atoms with Gasteiger partial charge in [-0.15, -0.1) is 5.10 Å². The second-order valence-electron chi connectivity index (χ2n) is 5.84. The number of rotatable bonds is 5. The second-order valence-corrected chi connectivity index (χ2v) is 6.28. The van der Waals surface area contributed by atoms with Crippen molar-refractivity contribution in [1.29, 1.82) is 0 Å². The molecule has 1 N–H and O–H groups in total. The summed E-state index contributed by atoms with van der Waals surface area (Å²) >= 11 is 5.98. The molecule has 0 amide bonds. The van der Waals surface area contributed by atoms with Crippen LogP contribution in [0.4, 0.5) is 5.82 Å². The van der Waals surface area contributed by atoms with Gasteiger partial charge in [0.05, 0.1) is 19.0 Å².